The molecule has 0 saturated heterocycles. The zero-order chi connectivity index (χ0) is 7.33. The van der Waals surface area contributed by atoms with E-state index in [1.165, 1.54) is 12.2 Å². The van der Waals surface area contributed by atoms with Crippen LogP contribution in [0.4, 0.5) is 0 Å². The molecule has 0 heterocycles. The third-order valence-corrected chi connectivity index (χ3v) is 4.72. The topological polar surface area (TPSA) is 0 Å². The van der Waals surface area contributed by atoms with E-state index in [0.29, 0.717) is 4.08 Å². The molecule has 0 aliphatic heterocycles. The Hall–Kier alpha value is 0.700. The first-order valence-electron chi connectivity index (χ1n) is 3.37. The van der Waals surface area contributed by atoms with Crippen molar-refractivity contribution in [1.82, 2.24) is 0 Å². The third-order valence-electron chi connectivity index (χ3n) is 1.52. The zero-order valence-corrected chi connectivity index (χ0v) is 8.36. The molecular formula is C7H16S2. The van der Waals surface area contributed by atoms with Gasteiger partial charge in [-0.1, -0.05) is 13.8 Å². The van der Waals surface area contributed by atoms with E-state index in [-0.39, 0.29) is 0 Å². The molecule has 0 amide bonds. The Balaban J connectivity index is 3.62. The van der Waals surface area contributed by atoms with E-state index in [9.17, 15) is 0 Å². The minimum Gasteiger partial charge on any atom is -0.148 e. The summed E-state index contributed by atoms with van der Waals surface area (Å²) in [4.78, 5) is 0. The Bertz CT molecular complexity index is 67.3. The lowest BCUT2D eigenvalue weighted by Gasteiger charge is -2.24. The second-order valence-corrected chi connectivity index (χ2v) is 5.46. The summed E-state index contributed by atoms with van der Waals surface area (Å²) < 4.78 is 0.467. The van der Waals surface area contributed by atoms with Crippen molar-refractivity contribution in [1.29, 1.82) is 0 Å². The highest BCUT2D eigenvalue weighted by atomic mass is 32.2. The highest BCUT2D eigenvalue weighted by Gasteiger charge is 2.18. The highest BCUT2D eigenvalue weighted by Crippen LogP contribution is 2.37. The monoisotopic (exact) mass is 164 g/mol. The molecule has 0 aliphatic carbocycles. The van der Waals surface area contributed by atoms with Gasteiger partial charge in [0.2, 0.25) is 0 Å². The smallest absolute Gasteiger partial charge is 0.0577 e. The van der Waals surface area contributed by atoms with Crippen molar-refractivity contribution in [2.75, 3.05) is 12.0 Å². The molecule has 0 rings (SSSR count). The summed E-state index contributed by atoms with van der Waals surface area (Å²) in [7, 11) is 0. The first kappa shape index (κ1) is 9.70. The van der Waals surface area contributed by atoms with Crippen LogP contribution in [-0.2, 0) is 0 Å². The summed E-state index contributed by atoms with van der Waals surface area (Å²) in [5.74, 6) is 1.23. The van der Waals surface area contributed by atoms with Gasteiger partial charge in [0.05, 0.1) is 4.08 Å². The molecule has 2 heteroatoms. The van der Waals surface area contributed by atoms with Crippen molar-refractivity contribution in [2.24, 2.45) is 0 Å². The molecule has 0 bridgehead atoms. The largest absolute Gasteiger partial charge is 0.148 e. The van der Waals surface area contributed by atoms with Crippen LogP contribution in [0.25, 0.3) is 0 Å². The molecule has 0 aromatic carbocycles. The van der Waals surface area contributed by atoms with Crippen LogP contribution in [0.15, 0.2) is 0 Å². The van der Waals surface area contributed by atoms with Gasteiger partial charge < -0.3 is 0 Å². The van der Waals surface area contributed by atoms with Gasteiger partial charge in [-0.15, -0.1) is 23.5 Å². The molecule has 0 radical (unpaired) electrons. The molecule has 56 valence electrons. The molecule has 0 fully saturated rings. The van der Waals surface area contributed by atoms with Gasteiger partial charge in [0.15, 0.2) is 0 Å². The predicted octanol–water partition coefficient (Wildman–Crippen LogP) is 3.23. The van der Waals surface area contributed by atoms with Crippen LogP contribution < -0.4 is 0 Å². The zero-order valence-electron chi connectivity index (χ0n) is 6.73. The van der Waals surface area contributed by atoms with Gasteiger partial charge >= 0.3 is 0 Å². The molecule has 9 heavy (non-hydrogen) atoms. The Labute approximate surface area is 67.2 Å². The number of thioether (sulfide) groups is 2. The van der Waals surface area contributed by atoms with Crippen LogP contribution >= 0.6 is 23.5 Å². The van der Waals surface area contributed by atoms with Crippen LogP contribution in [0, 0.1) is 0 Å². The van der Waals surface area contributed by atoms with Crippen molar-refractivity contribution < 1.29 is 0 Å². The average Bonchev–Trinajstić information content (AvgIpc) is 1.89. The Morgan fingerprint density at radius 1 is 1.33 bits per heavy atom. The third kappa shape index (κ3) is 3.41. The van der Waals surface area contributed by atoms with E-state index in [4.69, 9.17) is 0 Å². The maximum absolute atomic E-state index is 2.31. The molecular weight excluding hydrogens is 148 g/mol. The van der Waals surface area contributed by atoms with Gasteiger partial charge in [-0.3, -0.25) is 0 Å². The van der Waals surface area contributed by atoms with Crippen molar-refractivity contribution in [3.8, 4) is 0 Å². The first-order valence-corrected chi connectivity index (χ1v) is 5.58. The van der Waals surface area contributed by atoms with E-state index in [1.54, 1.807) is 0 Å². The van der Waals surface area contributed by atoms with Crippen molar-refractivity contribution in [2.45, 2.75) is 31.3 Å². The lowest BCUT2D eigenvalue weighted by molar-refractivity contribution is 0.848. The molecule has 0 spiro atoms. The second-order valence-electron chi connectivity index (χ2n) is 2.12. The maximum Gasteiger partial charge on any atom is 0.0577 e. The Morgan fingerprint density at radius 3 is 2.00 bits per heavy atom. The lowest BCUT2D eigenvalue weighted by atomic mass is 10.4. The fourth-order valence-corrected chi connectivity index (χ4v) is 2.54. The fraction of sp³-hybridized carbons (Fsp3) is 1.00. The van der Waals surface area contributed by atoms with E-state index < -0.39 is 0 Å². The number of hydrogen-bond donors (Lipinski definition) is 0. The van der Waals surface area contributed by atoms with Crippen LogP contribution in [0.1, 0.15) is 27.2 Å². The van der Waals surface area contributed by atoms with Gasteiger partial charge in [-0.25, -0.2) is 0 Å². The fourth-order valence-electron chi connectivity index (χ4n) is 0.611. The van der Waals surface area contributed by atoms with Gasteiger partial charge in [0.25, 0.3) is 0 Å². The summed E-state index contributed by atoms with van der Waals surface area (Å²) in [5, 5.41) is 0. The second kappa shape index (κ2) is 4.51. The van der Waals surface area contributed by atoms with E-state index in [1.807, 2.05) is 23.5 Å². The normalized spacial score (nSPS) is 17.3. The van der Waals surface area contributed by atoms with Gasteiger partial charge in [0, 0.05) is 0 Å². The quantitative estimate of drug-likeness (QED) is 0.585. The molecule has 1 atom stereocenters. The Kier molecular flexibility index (Phi) is 4.86. The van der Waals surface area contributed by atoms with Gasteiger partial charge in [-0.2, -0.15) is 0 Å². The summed E-state index contributed by atoms with van der Waals surface area (Å²) in [6.07, 6.45) is 3.44. The first-order chi connectivity index (χ1) is 4.18. The van der Waals surface area contributed by atoms with Crippen LogP contribution in [0.5, 0.6) is 0 Å². The van der Waals surface area contributed by atoms with E-state index in [0.717, 1.165) is 0 Å². The van der Waals surface area contributed by atoms with E-state index in [2.05, 4.69) is 27.0 Å². The predicted molar refractivity (Wildman–Crippen MR) is 50.3 cm³/mol. The van der Waals surface area contributed by atoms with Crippen LogP contribution in [-0.4, -0.2) is 16.1 Å². The van der Waals surface area contributed by atoms with Crippen LogP contribution in [0.2, 0.25) is 0 Å². The minimum atomic E-state index is 0.467. The molecule has 0 aliphatic rings. The van der Waals surface area contributed by atoms with E-state index >= 15 is 0 Å². The summed E-state index contributed by atoms with van der Waals surface area (Å²) in [5.41, 5.74) is 0. The molecule has 0 N–H and O–H groups in total. The average molecular weight is 164 g/mol. The minimum absolute atomic E-state index is 0.467. The molecule has 1 unspecified atom stereocenters. The van der Waals surface area contributed by atoms with Gasteiger partial charge in [-0.05, 0) is 25.4 Å². The summed E-state index contributed by atoms with van der Waals surface area (Å²) in [6.45, 7) is 6.78. The molecule has 0 saturated carbocycles. The van der Waals surface area contributed by atoms with Crippen LogP contribution in [0.3, 0.4) is 0 Å². The Morgan fingerprint density at radius 2 is 1.89 bits per heavy atom. The van der Waals surface area contributed by atoms with Crippen molar-refractivity contribution >= 4 is 23.5 Å². The highest BCUT2D eigenvalue weighted by molar-refractivity contribution is 8.17. The summed E-state index contributed by atoms with van der Waals surface area (Å²) in [6, 6.07) is 0. The maximum atomic E-state index is 2.31. The summed E-state index contributed by atoms with van der Waals surface area (Å²) >= 11 is 4.00. The van der Waals surface area contributed by atoms with Crippen molar-refractivity contribution in [3.05, 3.63) is 0 Å². The van der Waals surface area contributed by atoms with Crippen molar-refractivity contribution in [3.63, 3.8) is 0 Å². The standard InChI is InChI=1S/C7H16S2/c1-5-7(3,8-4)9-6-2/h5-6H2,1-4H3. The molecule has 0 aromatic rings. The number of rotatable bonds is 4. The van der Waals surface area contributed by atoms with Gasteiger partial charge in [0.1, 0.15) is 0 Å². The number of hydrogen-bond acceptors (Lipinski definition) is 2. The molecule has 0 nitrogen and oxygen atoms in total. The lowest BCUT2D eigenvalue weighted by Crippen LogP contribution is -2.12. The SMILES string of the molecule is CCSC(C)(CC)SC. The molecule has 0 aromatic heterocycles.